The molecule has 1 aromatic heterocycles. The van der Waals surface area contributed by atoms with Crippen LogP contribution in [-0.4, -0.2) is 31.1 Å². The van der Waals surface area contributed by atoms with Gasteiger partial charge in [0.05, 0.1) is 12.2 Å². The molecule has 25 heavy (non-hydrogen) atoms. The molecule has 1 atom stereocenters. The molecule has 0 fully saturated rings. The predicted octanol–water partition coefficient (Wildman–Crippen LogP) is 3.86. The highest BCUT2D eigenvalue weighted by Crippen LogP contribution is 2.33. The first-order valence-electron chi connectivity index (χ1n) is 9.04. The Morgan fingerprint density at radius 3 is 2.80 bits per heavy atom. The maximum absolute atomic E-state index is 12.7. The Morgan fingerprint density at radius 2 is 2.08 bits per heavy atom. The minimum Gasteiger partial charge on any atom is -0.477 e. The lowest BCUT2D eigenvalue weighted by molar-refractivity contribution is -0.128. The van der Waals surface area contributed by atoms with Crippen LogP contribution in [0, 0.1) is 0 Å². The summed E-state index contributed by atoms with van der Waals surface area (Å²) in [5, 5.41) is 5.22. The molecule has 2 aromatic rings. The van der Waals surface area contributed by atoms with E-state index in [1.54, 1.807) is 11.3 Å². The summed E-state index contributed by atoms with van der Waals surface area (Å²) in [5.74, 6) is 0.786. The number of ether oxygens (including phenoxy) is 1. The van der Waals surface area contributed by atoms with Gasteiger partial charge in [0.15, 0.2) is 6.10 Å². The van der Waals surface area contributed by atoms with Crippen molar-refractivity contribution in [1.29, 1.82) is 0 Å². The number of hydrogen-bond donors (Lipinski definition) is 1. The molecule has 2 heterocycles. The van der Waals surface area contributed by atoms with Gasteiger partial charge in [0.1, 0.15) is 5.75 Å². The highest BCUT2D eigenvalue weighted by Gasteiger charge is 2.31. The van der Waals surface area contributed by atoms with E-state index in [-0.39, 0.29) is 11.9 Å². The van der Waals surface area contributed by atoms with Crippen molar-refractivity contribution in [2.45, 2.75) is 45.3 Å². The number of hydrogen-bond acceptors (Lipinski definition) is 4. The van der Waals surface area contributed by atoms with E-state index in [0.29, 0.717) is 6.54 Å². The van der Waals surface area contributed by atoms with Crippen molar-refractivity contribution in [3.05, 3.63) is 46.7 Å². The smallest absolute Gasteiger partial charge is 0.263 e. The van der Waals surface area contributed by atoms with Crippen molar-refractivity contribution in [2.24, 2.45) is 0 Å². The Labute approximate surface area is 153 Å². The zero-order chi connectivity index (χ0) is 17.6. The standard InChI is InChI=1S/C20H26N2O2S/c1-3-15(4-2)21-20(23)19-14-22(12-11-16-8-7-13-25-16)17-9-5-6-10-18(17)24-19/h5-10,13,15,19H,3-4,11-12,14H2,1-2H3,(H,21,23). The highest BCUT2D eigenvalue weighted by molar-refractivity contribution is 7.09. The van der Waals surface area contributed by atoms with Gasteiger partial charge in [0, 0.05) is 17.5 Å². The Hall–Kier alpha value is -2.01. The molecule has 0 saturated carbocycles. The SMILES string of the molecule is CCC(CC)NC(=O)C1CN(CCc2cccs2)c2ccccc2O1. The van der Waals surface area contributed by atoms with Gasteiger partial charge in [-0.05, 0) is 42.8 Å². The van der Waals surface area contributed by atoms with E-state index in [1.807, 2.05) is 18.2 Å². The van der Waals surface area contributed by atoms with Crippen molar-refractivity contribution in [2.75, 3.05) is 18.0 Å². The van der Waals surface area contributed by atoms with Gasteiger partial charge >= 0.3 is 0 Å². The molecule has 1 amide bonds. The van der Waals surface area contributed by atoms with Crippen LogP contribution in [0.1, 0.15) is 31.6 Å². The van der Waals surface area contributed by atoms with Gasteiger partial charge in [-0.25, -0.2) is 0 Å². The summed E-state index contributed by atoms with van der Waals surface area (Å²) in [6.07, 6.45) is 2.40. The minimum atomic E-state index is -0.459. The van der Waals surface area contributed by atoms with Crippen LogP contribution in [0.4, 0.5) is 5.69 Å². The molecule has 3 rings (SSSR count). The van der Waals surface area contributed by atoms with Crippen molar-refractivity contribution >= 4 is 22.9 Å². The van der Waals surface area contributed by atoms with Crippen LogP contribution < -0.4 is 15.0 Å². The molecule has 4 nitrogen and oxygen atoms in total. The van der Waals surface area contributed by atoms with Crippen LogP contribution in [0.5, 0.6) is 5.75 Å². The zero-order valence-corrected chi connectivity index (χ0v) is 15.7. The molecular formula is C20H26N2O2S. The first kappa shape index (κ1) is 17.8. The van der Waals surface area contributed by atoms with Crippen molar-refractivity contribution in [3.63, 3.8) is 0 Å². The molecule has 5 heteroatoms. The molecule has 0 saturated heterocycles. The fourth-order valence-electron chi connectivity index (χ4n) is 3.14. The molecule has 0 radical (unpaired) electrons. The number of amides is 1. The molecule has 1 aliphatic rings. The van der Waals surface area contributed by atoms with Crippen molar-refractivity contribution in [1.82, 2.24) is 5.32 Å². The summed E-state index contributed by atoms with van der Waals surface area (Å²) in [5.41, 5.74) is 1.07. The molecule has 1 aliphatic heterocycles. The van der Waals surface area contributed by atoms with E-state index in [9.17, 15) is 4.79 Å². The van der Waals surface area contributed by atoms with E-state index in [2.05, 4.69) is 47.6 Å². The second-order valence-corrected chi connectivity index (χ2v) is 7.40. The van der Waals surface area contributed by atoms with Gasteiger partial charge in [-0.2, -0.15) is 0 Å². The molecule has 0 spiro atoms. The first-order chi connectivity index (χ1) is 12.2. The second-order valence-electron chi connectivity index (χ2n) is 6.37. The van der Waals surface area contributed by atoms with Crippen LogP contribution in [0.2, 0.25) is 0 Å². The van der Waals surface area contributed by atoms with Crippen LogP contribution in [0.15, 0.2) is 41.8 Å². The van der Waals surface area contributed by atoms with Gasteiger partial charge in [-0.1, -0.05) is 32.0 Å². The molecule has 1 N–H and O–H groups in total. The van der Waals surface area contributed by atoms with Crippen LogP contribution in [0.25, 0.3) is 0 Å². The lowest BCUT2D eigenvalue weighted by Crippen LogP contribution is -2.51. The lowest BCUT2D eigenvalue weighted by atomic mass is 10.1. The summed E-state index contributed by atoms with van der Waals surface area (Å²) >= 11 is 1.78. The average Bonchev–Trinajstić information content (AvgIpc) is 3.17. The molecule has 0 bridgehead atoms. The number of carbonyl (C=O) groups excluding carboxylic acids is 1. The van der Waals surface area contributed by atoms with E-state index >= 15 is 0 Å². The van der Waals surface area contributed by atoms with E-state index in [1.165, 1.54) is 4.88 Å². The maximum atomic E-state index is 12.7. The summed E-state index contributed by atoms with van der Waals surface area (Å²) in [4.78, 5) is 16.3. The first-order valence-corrected chi connectivity index (χ1v) is 9.92. The number of anilines is 1. The Morgan fingerprint density at radius 1 is 1.28 bits per heavy atom. The normalized spacial score (nSPS) is 16.4. The van der Waals surface area contributed by atoms with E-state index in [4.69, 9.17) is 4.74 Å². The van der Waals surface area contributed by atoms with Gasteiger partial charge in [-0.3, -0.25) is 4.79 Å². The summed E-state index contributed by atoms with van der Waals surface area (Å²) < 4.78 is 6.00. The van der Waals surface area contributed by atoms with Gasteiger partial charge in [0.2, 0.25) is 0 Å². The number of para-hydroxylation sites is 2. The minimum absolute atomic E-state index is 0.00988. The summed E-state index contributed by atoms with van der Waals surface area (Å²) in [6.45, 7) is 5.67. The van der Waals surface area contributed by atoms with Gasteiger partial charge < -0.3 is 15.0 Å². The fourth-order valence-corrected chi connectivity index (χ4v) is 3.84. The quantitative estimate of drug-likeness (QED) is 0.817. The number of benzene rings is 1. The zero-order valence-electron chi connectivity index (χ0n) is 14.9. The Balaban J connectivity index is 1.72. The molecule has 0 aliphatic carbocycles. The fraction of sp³-hybridized carbons (Fsp3) is 0.450. The van der Waals surface area contributed by atoms with E-state index in [0.717, 1.165) is 37.2 Å². The number of nitrogens with zero attached hydrogens (tertiary/aromatic N) is 1. The second kappa shape index (κ2) is 8.39. The molecular weight excluding hydrogens is 332 g/mol. The molecule has 134 valence electrons. The lowest BCUT2D eigenvalue weighted by Gasteiger charge is -2.36. The monoisotopic (exact) mass is 358 g/mol. The van der Waals surface area contributed by atoms with Crippen LogP contribution in [-0.2, 0) is 11.2 Å². The molecule has 1 unspecified atom stereocenters. The van der Waals surface area contributed by atoms with Gasteiger partial charge in [-0.15, -0.1) is 11.3 Å². The summed E-state index contributed by atoms with van der Waals surface area (Å²) in [7, 11) is 0. The van der Waals surface area contributed by atoms with Crippen molar-refractivity contribution in [3.8, 4) is 5.75 Å². The third-order valence-corrected chi connectivity index (χ3v) is 5.63. The average molecular weight is 359 g/mol. The third kappa shape index (κ3) is 4.34. The molecule has 1 aromatic carbocycles. The van der Waals surface area contributed by atoms with Crippen LogP contribution >= 0.6 is 11.3 Å². The largest absolute Gasteiger partial charge is 0.477 e. The third-order valence-electron chi connectivity index (χ3n) is 4.69. The number of fused-ring (bicyclic) bond motifs is 1. The van der Waals surface area contributed by atoms with Gasteiger partial charge in [0.25, 0.3) is 5.91 Å². The number of nitrogens with one attached hydrogen (secondary N) is 1. The number of carbonyl (C=O) groups is 1. The number of rotatable bonds is 7. The maximum Gasteiger partial charge on any atom is 0.263 e. The summed E-state index contributed by atoms with van der Waals surface area (Å²) in [6, 6.07) is 12.5. The van der Waals surface area contributed by atoms with Crippen molar-refractivity contribution < 1.29 is 9.53 Å². The predicted molar refractivity (Wildman–Crippen MR) is 104 cm³/mol. The topological polar surface area (TPSA) is 41.6 Å². The highest BCUT2D eigenvalue weighted by atomic mass is 32.1. The Kier molecular flexibility index (Phi) is 5.97. The Bertz CT molecular complexity index is 683. The van der Waals surface area contributed by atoms with Crippen LogP contribution in [0.3, 0.4) is 0 Å². The number of thiophene rings is 1. The van der Waals surface area contributed by atoms with E-state index < -0.39 is 6.10 Å².